The van der Waals surface area contributed by atoms with Crippen molar-refractivity contribution in [3.63, 3.8) is 0 Å². The van der Waals surface area contributed by atoms with E-state index in [1.807, 2.05) is 0 Å². The number of morpholine rings is 1. The lowest BCUT2D eigenvalue weighted by molar-refractivity contribution is -0.0731. The number of hydrogen-bond acceptors (Lipinski definition) is 5. The molecule has 2 aliphatic heterocycles. The van der Waals surface area contributed by atoms with E-state index in [1.54, 1.807) is 6.07 Å². The Balaban J connectivity index is 1.46. The molecule has 8 heteroatoms. The van der Waals surface area contributed by atoms with Crippen LogP contribution in [0.5, 0.6) is 0 Å². The highest BCUT2D eigenvalue weighted by molar-refractivity contribution is 7.91. The Bertz CT molecular complexity index is 757. The van der Waals surface area contributed by atoms with Gasteiger partial charge in [-0.1, -0.05) is 23.2 Å². The van der Waals surface area contributed by atoms with Gasteiger partial charge in [-0.05, 0) is 63.9 Å². The first-order valence-corrected chi connectivity index (χ1v) is 12.4. The SMILES string of the molecule is C[C@H]1CN(CC2CCN(CCS(=O)(=O)c3cc(Cl)ccc3Cl)CC2)C[C@H](C)O1. The molecular weight excluding hydrogens is 419 g/mol. The maximum absolute atomic E-state index is 12.6. The summed E-state index contributed by atoms with van der Waals surface area (Å²) in [6, 6.07) is 4.58. The van der Waals surface area contributed by atoms with Gasteiger partial charge in [0.2, 0.25) is 0 Å². The van der Waals surface area contributed by atoms with E-state index in [0.717, 1.165) is 45.6 Å². The molecule has 0 amide bonds. The summed E-state index contributed by atoms with van der Waals surface area (Å²) in [6.45, 7) is 9.81. The lowest BCUT2D eigenvalue weighted by Gasteiger charge is -2.39. The summed E-state index contributed by atoms with van der Waals surface area (Å²) in [5.41, 5.74) is 0. The van der Waals surface area contributed by atoms with E-state index in [2.05, 4.69) is 23.6 Å². The Hall–Kier alpha value is -0.370. The van der Waals surface area contributed by atoms with Gasteiger partial charge >= 0.3 is 0 Å². The Morgan fingerprint density at radius 3 is 2.36 bits per heavy atom. The van der Waals surface area contributed by atoms with Gasteiger partial charge in [-0.25, -0.2) is 8.42 Å². The molecule has 0 radical (unpaired) electrons. The molecule has 0 bridgehead atoms. The Labute approximate surface area is 178 Å². The zero-order valence-electron chi connectivity index (χ0n) is 16.6. The summed E-state index contributed by atoms with van der Waals surface area (Å²) in [4.78, 5) is 4.90. The summed E-state index contributed by atoms with van der Waals surface area (Å²) >= 11 is 12.0. The van der Waals surface area contributed by atoms with Crippen molar-refractivity contribution in [1.29, 1.82) is 0 Å². The molecule has 5 nitrogen and oxygen atoms in total. The molecule has 0 unspecified atom stereocenters. The van der Waals surface area contributed by atoms with Crippen LogP contribution in [0.3, 0.4) is 0 Å². The van der Waals surface area contributed by atoms with Gasteiger partial charge in [0.05, 0.1) is 27.9 Å². The van der Waals surface area contributed by atoms with Gasteiger partial charge in [0.25, 0.3) is 0 Å². The van der Waals surface area contributed by atoms with E-state index >= 15 is 0 Å². The number of piperidine rings is 1. The molecule has 0 saturated carbocycles. The lowest BCUT2D eigenvalue weighted by Crippen LogP contribution is -2.48. The number of sulfone groups is 1. The van der Waals surface area contributed by atoms with Crippen LogP contribution < -0.4 is 0 Å². The number of nitrogens with zero attached hydrogens (tertiary/aromatic N) is 2. The summed E-state index contributed by atoms with van der Waals surface area (Å²) in [5, 5.41) is 0.618. The molecule has 2 atom stereocenters. The highest BCUT2D eigenvalue weighted by Crippen LogP contribution is 2.26. The van der Waals surface area contributed by atoms with Crippen LogP contribution in [0, 0.1) is 5.92 Å². The number of halogens is 2. The monoisotopic (exact) mass is 448 g/mol. The van der Waals surface area contributed by atoms with Crippen LogP contribution in [0.15, 0.2) is 23.1 Å². The fraction of sp³-hybridized carbons (Fsp3) is 0.700. The van der Waals surface area contributed by atoms with E-state index in [9.17, 15) is 8.42 Å². The summed E-state index contributed by atoms with van der Waals surface area (Å²) in [6.07, 6.45) is 2.82. The maximum atomic E-state index is 12.6. The minimum atomic E-state index is -3.44. The van der Waals surface area contributed by atoms with Crippen molar-refractivity contribution in [2.75, 3.05) is 45.0 Å². The summed E-state index contributed by atoms with van der Waals surface area (Å²) < 4.78 is 31.1. The van der Waals surface area contributed by atoms with E-state index < -0.39 is 9.84 Å². The first-order chi connectivity index (χ1) is 13.2. The van der Waals surface area contributed by atoms with Crippen molar-refractivity contribution in [1.82, 2.24) is 9.80 Å². The average molecular weight is 449 g/mol. The Morgan fingerprint density at radius 2 is 1.71 bits per heavy atom. The molecular formula is C20H30Cl2N2O3S. The van der Waals surface area contributed by atoms with Gasteiger partial charge in [0.15, 0.2) is 9.84 Å². The first kappa shape index (κ1) is 22.3. The molecule has 3 rings (SSSR count). The minimum Gasteiger partial charge on any atom is -0.373 e. The fourth-order valence-electron chi connectivity index (χ4n) is 4.27. The predicted octanol–water partition coefficient (Wildman–Crippen LogP) is 3.59. The van der Waals surface area contributed by atoms with Crippen LogP contribution >= 0.6 is 23.2 Å². The van der Waals surface area contributed by atoms with Crippen LogP contribution in [-0.4, -0.2) is 75.4 Å². The van der Waals surface area contributed by atoms with Crippen LogP contribution in [-0.2, 0) is 14.6 Å². The topological polar surface area (TPSA) is 49.9 Å². The Morgan fingerprint density at radius 1 is 1.07 bits per heavy atom. The molecule has 28 heavy (non-hydrogen) atoms. The smallest absolute Gasteiger partial charge is 0.181 e. The number of benzene rings is 1. The van der Waals surface area contributed by atoms with Crippen molar-refractivity contribution in [3.05, 3.63) is 28.2 Å². The number of likely N-dealkylation sites (tertiary alicyclic amines) is 1. The molecule has 0 aromatic heterocycles. The molecule has 2 heterocycles. The van der Waals surface area contributed by atoms with E-state index in [1.165, 1.54) is 12.1 Å². The minimum absolute atomic E-state index is 0.0657. The van der Waals surface area contributed by atoms with Crippen molar-refractivity contribution < 1.29 is 13.2 Å². The van der Waals surface area contributed by atoms with Crippen LogP contribution in [0.4, 0.5) is 0 Å². The third-order valence-electron chi connectivity index (χ3n) is 5.62. The van der Waals surface area contributed by atoms with Crippen LogP contribution in [0.1, 0.15) is 26.7 Å². The average Bonchev–Trinajstić information content (AvgIpc) is 2.62. The van der Waals surface area contributed by atoms with Gasteiger partial charge in [0.1, 0.15) is 0 Å². The third kappa shape index (κ3) is 6.07. The fourth-order valence-corrected chi connectivity index (χ4v) is 6.36. The van der Waals surface area contributed by atoms with Crippen molar-refractivity contribution in [2.45, 2.75) is 43.8 Å². The predicted molar refractivity (Wildman–Crippen MR) is 114 cm³/mol. The quantitative estimate of drug-likeness (QED) is 0.665. The van der Waals surface area contributed by atoms with E-state index in [-0.39, 0.29) is 15.7 Å². The second kappa shape index (κ2) is 9.63. The van der Waals surface area contributed by atoms with Gasteiger partial charge in [-0.2, -0.15) is 0 Å². The first-order valence-electron chi connectivity index (χ1n) is 10.0. The van der Waals surface area contributed by atoms with Gasteiger partial charge in [-0.15, -0.1) is 0 Å². The molecule has 1 aromatic carbocycles. The van der Waals surface area contributed by atoms with Crippen molar-refractivity contribution in [2.24, 2.45) is 5.92 Å². The third-order valence-corrected chi connectivity index (χ3v) is 8.03. The summed E-state index contributed by atoms with van der Waals surface area (Å²) in [7, 11) is -3.44. The maximum Gasteiger partial charge on any atom is 0.181 e. The molecule has 2 aliphatic rings. The van der Waals surface area contributed by atoms with E-state index in [4.69, 9.17) is 27.9 Å². The van der Waals surface area contributed by atoms with E-state index in [0.29, 0.717) is 29.7 Å². The second-order valence-corrected chi connectivity index (χ2v) is 11.1. The standard InChI is InChI=1S/C20H30Cl2N2O3S/c1-15-12-24(13-16(2)27-15)14-17-5-7-23(8-6-17)9-10-28(25,26)20-11-18(21)3-4-19(20)22/h3-4,11,15-17H,5-10,12-14H2,1-2H3/t15-,16-/m0/s1. The molecule has 158 valence electrons. The van der Waals surface area contributed by atoms with Crippen LogP contribution in [0.25, 0.3) is 0 Å². The van der Waals surface area contributed by atoms with Gasteiger partial charge in [-0.3, -0.25) is 4.90 Å². The lowest BCUT2D eigenvalue weighted by atomic mass is 9.95. The highest BCUT2D eigenvalue weighted by Gasteiger charge is 2.27. The summed E-state index contributed by atoms with van der Waals surface area (Å²) in [5.74, 6) is 0.740. The number of hydrogen-bond donors (Lipinski definition) is 0. The molecule has 0 spiro atoms. The molecule has 2 fully saturated rings. The second-order valence-electron chi connectivity index (χ2n) is 8.15. The molecule has 2 saturated heterocycles. The zero-order valence-corrected chi connectivity index (χ0v) is 18.9. The van der Waals surface area contributed by atoms with Crippen LogP contribution in [0.2, 0.25) is 10.0 Å². The highest BCUT2D eigenvalue weighted by atomic mass is 35.5. The largest absolute Gasteiger partial charge is 0.373 e. The van der Waals surface area contributed by atoms with Gasteiger partial charge in [0, 0.05) is 31.2 Å². The number of ether oxygens (including phenoxy) is 1. The van der Waals surface area contributed by atoms with Crippen molar-refractivity contribution >= 4 is 33.0 Å². The number of rotatable bonds is 6. The normalized spacial score (nSPS) is 25.9. The Kier molecular flexibility index (Phi) is 7.67. The zero-order chi connectivity index (χ0) is 20.3. The molecule has 1 aromatic rings. The van der Waals surface area contributed by atoms with Gasteiger partial charge < -0.3 is 9.64 Å². The molecule has 0 aliphatic carbocycles. The van der Waals surface area contributed by atoms with Crippen molar-refractivity contribution in [3.8, 4) is 0 Å². The molecule has 0 N–H and O–H groups in total.